The third kappa shape index (κ3) is 2.81. The number of nitrogens with zero attached hydrogens (tertiary/aromatic N) is 1. The van der Waals surface area contributed by atoms with E-state index in [2.05, 4.69) is 16.8 Å². The van der Waals surface area contributed by atoms with Crippen LogP contribution in [0, 0.1) is 11.8 Å². The smallest absolute Gasteiger partial charge is 0.135 e. The zero-order chi connectivity index (χ0) is 8.81. The second kappa shape index (κ2) is 4.63. The van der Waals surface area contributed by atoms with Crippen molar-refractivity contribution in [1.29, 1.82) is 0 Å². The minimum atomic E-state index is 0.132. The predicted octanol–water partition coefficient (Wildman–Crippen LogP) is 1.77. The van der Waals surface area contributed by atoms with Crippen LogP contribution in [0.5, 0.6) is 5.75 Å². The van der Waals surface area contributed by atoms with E-state index < -0.39 is 0 Å². The lowest BCUT2D eigenvalue weighted by molar-refractivity contribution is 0.472. The second-order valence-electron chi connectivity index (χ2n) is 2.17. The van der Waals surface area contributed by atoms with E-state index in [9.17, 15) is 0 Å². The number of aromatic nitrogens is 1. The Morgan fingerprint density at radius 2 is 2.33 bits per heavy atom. The van der Waals surface area contributed by atoms with Gasteiger partial charge in [0.1, 0.15) is 5.75 Å². The first-order chi connectivity index (χ1) is 5.83. The van der Waals surface area contributed by atoms with E-state index in [1.807, 2.05) is 0 Å². The number of pyridine rings is 1. The summed E-state index contributed by atoms with van der Waals surface area (Å²) < 4.78 is 0. The van der Waals surface area contributed by atoms with Gasteiger partial charge in [-0.15, -0.1) is 11.6 Å². The molecule has 0 unspecified atom stereocenters. The van der Waals surface area contributed by atoms with E-state index in [1.165, 1.54) is 6.20 Å². The Balaban J connectivity index is 2.71. The molecule has 0 aliphatic carbocycles. The van der Waals surface area contributed by atoms with E-state index in [4.69, 9.17) is 16.7 Å². The predicted molar refractivity (Wildman–Crippen MR) is 48.1 cm³/mol. The average Bonchev–Trinajstić information content (AvgIpc) is 2.05. The molecule has 0 saturated carbocycles. The van der Waals surface area contributed by atoms with Gasteiger partial charge < -0.3 is 5.11 Å². The van der Waals surface area contributed by atoms with Crippen molar-refractivity contribution >= 4 is 11.6 Å². The van der Waals surface area contributed by atoms with Gasteiger partial charge in [0.2, 0.25) is 0 Å². The van der Waals surface area contributed by atoms with Crippen molar-refractivity contribution in [3.8, 4) is 17.6 Å². The highest BCUT2D eigenvalue weighted by atomic mass is 35.5. The van der Waals surface area contributed by atoms with E-state index >= 15 is 0 Å². The maximum absolute atomic E-state index is 9.01. The molecule has 2 nitrogen and oxygen atoms in total. The first kappa shape index (κ1) is 8.89. The molecule has 3 heteroatoms. The van der Waals surface area contributed by atoms with Crippen molar-refractivity contribution in [2.75, 3.05) is 5.88 Å². The Hall–Kier alpha value is -1.20. The summed E-state index contributed by atoms with van der Waals surface area (Å²) >= 11 is 5.43. The van der Waals surface area contributed by atoms with Gasteiger partial charge in [0.25, 0.3) is 0 Å². The van der Waals surface area contributed by atoms with Crippen LogP contribution in [-0.4, -0.2) is 16.0 Å². The van der Waals surface area contributed by atoms with Gasteiger partial charge in [-0.1, -0.05) is 11.8 Å². The van der Waals surface area contributed by atoms with Gasteiger partial charge in [0.15, 0.2) is 0 Å². The van der Waals surface area contributed by atoms with E-state index in [0.717, 1.165) is 0 Å². The van der Waals surface area contributed by atoms with Gasteiger partial charge in [0.05, 0.1) is 6.20 Å². The summed E-state index contributed by atoms with van der Waals surface area (Å²) in [5, 5.41) is 9.01. The highest BCUT2D eigenvalue weighted by Gasteiger charge is 1.88. The molecule has 0 bridgehead atoms. The maximum atomic E-state index is 9.01. The van der Waals surface area contributed by atoms with Crippen LogP contribution in [0.4, 0.5) is 0 Å². The van der Waals surface area contributed by atoms with Crippen LogP contribution in [0.15, 0.2) is 18.5 Å². The van der Waals surface area contributed by atoms with Gasteiger partial charge in [-0.25, -0.2) is 0 Å². The van der Waals surface area contributed by atoms with Crippen molar-refractivity contribution in [2.24, 2.45) is 0 Å². The second-order valence-corrected chi connectivity index (χ2v) is 2.55. The van der Waals surface area contributed by atoms with Crippen LogP contribution in [0.2, 0.25) is 0 Å². The highest BCUT2D eigenvalue weighted by molar-refractivity contribution is 6.18. The van der Waals surface area contributed by atoms with Crippen molar-refractivity contribution < 1.29 is 5.11 Å². The summed E-state index contributed by atoms with van der Waals surface area (Å²) in [6, 6.07) is 1.56. The third-order valence-corrected chi connectivity index (χ3v) is 1.37. The summed E-state index contributed by atoms with van der Waals surface area (Å²) in [5.74, 6) is 6.33. The molecular formula is C9H8ClNO. The molecule has 0 fully saturated rings. The summed E-state index contributed by atoms with van der Waals surface area (Å²) in [6.45, 7) is 0. The number of rotatable bonds is 1. The average molecular weight is 182 g/mol. The van der Waals surface area contributed by atoms with Crippen LogP contribution in [0.3, 0.4) is 0 Å². The zero-order valence-corrected chi connectivity index (χ0v) is 7.17. The Kier molecular flexibility index (Phi) is 3.43. The summed E-state index contributed by atoms with van der Waals surface area (Å²) in [7, 11) is 0. The van der Waals surface area contributed by atoms with Crippen LogP contribution in [0.25, 0.3) is 0 Å². The SMILES string of the molecule is Oc1cncc(C#CCCCl)c1. The van der Waals surface area contributed by atoms with Gasteiger partial charge in [0, 0.05) is 24.1 Å². The molecular weight excluding hydrogens is 174 g/mol. The molecule has 1 aromatic rings. The summed E-state index contributed by atoms with van der Waals surface area (Å²) in [4.78, 5) is 3.78. The molecule has 12 heavy (non-hydrogen) atoms. The standard InChI is InChI=1S/C9H8ClNO/c10-4-2-1-3-8-5-9(12)7-11-6-8/h5-7,12H,2,4H2. The Bertz CT molecular complexity index is 314. The molecule has 1 rings (SSSR count). The fourth-order valence-electron chi connectivity index (χ4n) is 0.708. The lowest BCUT2D eigenvalue weighted by atomic mass is 10.3. The molecule has 0 atom stereocenters. The largest absolute Gasteiger partial charge is 0.506 e. The van der Waals surface area contributed by atoms with Gasteiger partial charge in [-0.3, -0.25) is 4.98 Å². The first-order valence-corrected chi connectivity index (χ1v) is 4.05. The molecule has 1 aromatic heterocycles. The van der Waals surface area contributed by atoms with E-state index in [0.29, 0.717) is 17.9 Å². The van der Waals surface area contributed by atoms with E-state index in [1.54, 1.807) is 12.3 Å². The van der Waals surface area contributed by atoms with Gasteiger partial charge >= 0.3 is 0 Å². The van der Waals surface area contributed by atoms with Gasteiger partial charge in [-0.05, 0) is 6.07 Å². The van der Waals surface area contributed by atoms with Crippen LogP contribution >= 0.6 is 11.6 Å². The van der Waals surface area contributed by atoms with Crippen LogP contribution < -0.4 is 0 Å². The van der Waals surface area contributed by atoms with E-state index in [-0.39, 0.29) is 5.75 Å². The molecule has 0 spiro atoms. The van der Waals surface area contributed by atoms with Crippen LogP contribution in [0.1, 0.15) is 12.0 Å². The monoisotopic (exact) mass is 181 g/mol. The topological polar surface area (TPSA) is 33.1 Å². The fraction of sp³-hybridized carbons (Fsp3) is 0.222. The quantitative estimate of drug-likeness (QED) is 0.529. The first-order valence-electron chi connectivity index (χ1n) is 3.52. The maximum Gasteiger partial charge on any atom is 0.135 e. The van der Waals surface area contributed by atoms with Crippen molar-refractivity contribution in [1.82, 2.24) is 4.98 Å². The minimum Gasteiger partial charge on any atom is -0.506 e. The summed E-state index contributed by atoms with van der Waals surface area (Å²) in [5.41, 5.74) is 0.708. The van der Waals surface area contributed by atoms with Crippen molar-refractivity contribution in [3.05, 3.63) is 24.0 Å². The number of hydrogen-bond donors (Lipinski definition) is 1. The Morgan fingerprint density at radius 3 is 3.00 bits per heavy atom. The fourth-order valence-corrected chi connectivity index (χ4v) is 0.802. The number of halogens is 1. The molecule has 62 valence electrons. The third-order valence-electron chi connectivity index (χ3n) is 1.18. The number of alkyl halides is 1. The van der Waals surface area contributed by atoms with Crippen LogP contribution in [-0.2, 0) is 0 Å². The molecule has 0 saturated heterocycles. The van der Waals surface area contributed by atoms with Crippen molar-refractivity contribution in [3.63, 3.8) is 0 Å². The number of aromatic hydroxyl groups is 1. The molecule has 1 N–H and O–H groups in total. The Morgan fingerprint density at radius 1 is 1.50 bits per heavy atom. The molecule has 0 aliphatic rings. The molecule has 0 radical (unpaired) electrons. The lowest BCUT2D eigenvalue weighted by Crippen LogP contribution is -1.77. The highest BCUT2D eigenvalue weighted by Crippen LogP contribution is 2.06. The normalized spacial score (nSPS) is 8.75. The molecule has 0 aliphatic heterocycles. The number of hydrogen-bond acceptors (Lipinski definition) is 2. The molecule has 0 amide bonds. The van der Waals surface area contributed by atoms with Crippen molar-refractivity contribution in [2.45, 2.75) is 6.42 Å². The lowest BCUT2D eigenvalue weighted by Gasteiger charge is -1.90. The summed E-state index contributed by atoms with van der Waals surface area (Å²) in [6.07, 6.45) is 3.62. The Labute approximate surface area is 76.2 Å². The van der Waals surface area contributed by atoms with Gasteiger partial charge in [-0.2, -0.15) is 0 Å². The minimum absolute atomic E-state index is 0.132. The zero-order valence-electron chi connectivity index (χ0n) is 6.42. The molecule has 0 aromatic carbocycles. The molecule has 1 heterocycles.